The first-order chi connectivity index (χ1) is 12.3. The van der Waals surface area contributed by atoms with Crippen LogP contribution in [-0.2, 0) is 10.5 Å². The van der Waals surface area contributed by atoms with Crippen molar-refractivity contribution in [3.05, 3.63) is 81.5 Å². The SMILES string of the molecule is CC(=O)C1=C(C)N(c2ccccc2)C(O)(c2ccc([N+](=O)[O-])cc2)C1O. The summed E-state index contributed by atoms with van der Waals surface area (Å²) in [4.78, 5) is 23.9. The molecule has 2 atom stereocenters. The number of carbonyl (C=O) groups is 1. The van der Waals surface area contributed by atoms with E-state index >= 15 is 0 Å². The van der Waals surface area contributed by atoms with E-state index in [4.69, 9.17) is 0 Å². The van der Waals surface area contributed by atoms with Crippen LogP contribution < -0.4 is 4.90 Å². The molecule has 2 unspecified atom stereocenters. The summed E-state index contributed by atoms with van der Waals surface area (Å²) < 4.78 is 0. The lowest BCUT2D eigenvalue weighted by molar-refractivity contribution is -0.384. The van der Waals surface area contributed by atoms with Crippen LogP contribution in [0.5, 0.6) is 0 Å². The number of allylic oxidation sites excluding steroid dienone is 1. The third kappa shape index (κ3) is 2.58. The zero-order chi connectivity index (χ0) is 19.1. The van der Waals surface area contributed by atoms with Gasteiger partial charge in [0.1, 0.15) is 6.10 Å². The van der Waals surface area contributed by atoms with Crippen LogP contribution in [-0.4, -0.2) is 27.0 Å². The highest BCUT2D eigenvalue weighted by atomic mass is 16.6. The van der Waals surface area contributed by atoms with Crippen LogP contribution in [0.2, 0.25) is 0 Å². The van der Waals surface area contributed by atoms with Gasteiger partial charge < -0.3 is 15.1 Å². The number of Topliss-reactive ketones (excluding diaryl/α,β-unsaturated/α-hetero) is 1. The summed E-state index contributed by atoms with van der Waals surface area (Å²) >= 11 is 0. The van der Waals surface area contributed by atoms with Gasteiger partial charge in [0.15, 0.2) is 11.5 Å². The summed E-state index contributed by atoms with van der Waals surface area (Å²) in [5.74, 6) is -0.353. The summed E-state index contributed by atoms with van der Waals surface area (Å²) in [5.41, 5.74) is -0.725. The van der Waals surface area contributed by atoms with Gasteiger partial charge in [0, 0.05) is 34.7 Å². The zero-order valence-corrected chi connectivity index (χ0v) is 14.3. The molecule has 0 fully saturated rings. The highest BCUT2D eigenvalue weighted by Gasteiger charge is 2.53. The van der Waals surface area contributed by atoms with E-state index in [1.807, 2.05) is 6.07 Å². The topological polar surface area (TPSA) is 104 Å². The minimum Gasteiger partial charge on any atom is -0.383 e. The standard InChI is InChI=1S/C19H18N2O5/c1-12-17(13(2)22)18(23)19(24,20(12)15-6-4-3-5-7-15)14-8-10-16(11-9-14)21(25)26/h3-11,18,23-24H,1-2H3. The van der Waals surface area contributed by atoms with Gasteiger partial charge in [-0.05, 0) is 38.1 Å². The van der Waals surface area contributed by atoms with Crippen molar-refractivity contribution >= 4 is 17.2 Å². The normalized spacial score (nSPS) is 22.6. The lowest BCUT2D eigenvalue weighted by atomic mass is 9.92. The highest BCUT2D eigenvalue weighted by Crippen LogP contribution is 2.46. The molecule has 1 heterocycles. The first-order valence-corrected chi connectivity index (χ1v) is 8.00. The quantitative estimate of drug-likeness (QED) is 0.646. The number of hydrogen-bond acceptors (Lipinski definition) is 6. The number of nitrogens with zero attached hydrogens (tertiary/aromatic N) is 2. The molecule has 0 aromatic heterocycles. The number of rotatable bonds is 4. The van der Waals surface area contributed by atoms with E-state index in [1.54, 1.807) is 31.2 Å². The second kappa shape index (κ2) is 6.36. The van der Waals surface area contributed by atoms with Gasteiger partial charge in [-0.3, -0.25) is 14.9 Å². The van der Waals surface area contributed by atoms with Crippen LogP contribution in [0.25, 0.3) is 0 Å². The van der Waals surface area contributed by atoms with Crippen molar-refractivity contribution in [2.75, 3.05) is 4.90 Å². The third-order valence-corrected chi connectivity index (χ3v) is 4.62. The molecule has 0 bridgehead atoms. The number of aliphatic hydroxyl groups excluding tert-OH is 1. The average molecular weight is 354 g/mol. The number of carbonyl (C=O) groups excluding carboxylic acids is 1. The number of para-hydroxylation sites is 1. The van der Waals surface area contributed by atoms with Crippen molar-refractivity contribution in [3.8, 4) is 0 Å². The Balaban J connectivity index is 2.19. The number of ketones is 1. The van der Waals surface area contributed by atoms with Gasteiger partial charge >= 0.3 is 0 Å². The summed E-state index contributed by atoms with van der Waals surface area (Å²) in [6, 6.07) is 14.1. The van der Waals surface area contributed by atoms with E-state index in [0.717, 1.165) is 0 Å². The minimum absolute atomic E-state index is 0.106. The van der Waals surface area contributed by atoms with E-state index < -0.39 is 16.8 Å². The Labute approximate surface area is 150 Å². The molecule has 7 heteroatoms. The second-order valence-corrected chi connectivity index (χ2v) is 6.16. The Morgan fingerprint density at radius 3 is 2.23 bits per heavy atom. The summed E-state index contributed by atoms with van der Waals surface area (Å²) in [6.07, 6.45) is -1.50. The molecule has 0 saturated heterocycles. The van der Waals surface area contributed by atoms with E-state index in [1.165, 1.54) is 36.1 Å². The van der Waals surface area contributed by atoms with E-state index in [9.17, 15) is 25.1 Å². The van der Waals surface area contributed by atoms with Gasteiger partial charge in [-0.25, -0.2) is 0 Å². The highest BCUT2D eigenvalue weighted by molar-refractivity contribution is 5.97. The molecule has 2 N–H and O–H groups in total. The molecule has 1 aliphatic rings. The van der Waals surface area contributed by atoms with Crippen molar-refractivity contribution in [2.24, 2.45) is 0 Å². The van der Waals surface area contributed by atoms with Crippen molar-refractivity contribution in [3.63, 3.8) is 0 Å². The maximum atomic E-state index is 12.1. The fraction of sp³-hybridized carbons (Fsp3) is 0.211. The Kier molecular flexibility index (Phi) is 4.35. The molecule has 134 valence electrons. The van der Waals surface area contributed by atoms with Crippen LogP contribution in [0.4, 0.5) is 11.4 Å². The van der Waals surface area contributed by atoms with Crippen LogP contribution >= 0.6 is 0 Å². The molecular weight excluding hydrogens is 336 g/mol. The molecule has 0 radical (unpaired) electrons. The lowest BCUT2D eigenvalue weighted by Gasteiger charge is -2.39. The molecule has 0 aliphatic carbocycles. The first kappa shape index (κ1) is 17.8. The van der Waals surface area contributed by atoms with Crippen LogP contribution in [0.3, 0.4) is 0 Å². The smallest absolute Gasteiger partial charge is 0.269 e. The van der Waals surface area contributed by atoms with Crippen molar-refractivity contribution in [1.29, 1.82) is 0 Å². The van der Waals surface area contributed by atoms with Gasteiger partial charge in [0.2, 0.25) is 0 Å². The predicted molar refractivity (Wildman–Crippen MR) is 95.3 cm³/mol. The third-order valence-electron chi connectivity index (χ3n) is 4.62. The largest absolute Gasteiger partial charge is 0.383 e. The predicted octanol–water partition coefficient (Wildman–Crippen LogP) is 2.48. The fourth-order valence-electron chi connectivity index (χ4n) is 3.43. The molecule has 0 spiro atoms. The number of nitro groups is 1. The minimum atomic E-state index is -1.96. The number of non-ortho nitro benzene ring substituents is 1. The maximum absolute atomic E-state index is 12.1. The van der Waals surface area contributed by atoms with Crippen LogP contribution in [0, 0.1) is 10.1 Å². The Bertz CT molecular complexity index is 892. The zero-order valence-electron chi connectivity index (χ0n) is 14.3. The van der Waals surface area contributed by atoms with Crippen molar-refractivity contribution in [2.45, 2.75) is 25.7 Å². The Morgan fingerprint density at radius 2 is 1.73 bits per heavy atom. The summed E-state index contributed by atoms with van der Waals surface area (Å²) in [7, 11) is 0. The van der Waals surface area contributed by atoms with E-state index in [0.29, 0.717) is 11.4 Å². The summed E-state index contributed by atoms with van der Waals surface area (Å²) in [6.45, 7) is 2.98. The maximum Gasteiger partial charge on any atom is 0.269 e. The average Bonchev–Trinajstić information content (AvgIpc) is 2.82. The molecule has 1 aliphatic heterocycles. The Hall–Kier alpha value is -3.03. The molecular formula is C19H18N2O5. The van der Waals surface area contributed by atoms with E-state index in [-0.39, 0.29) is 22.6 Å². The number of nitro benzene ring substituents is 1. The first-order valence-electron chi connectivity index (χ1n) is 8.00. The molecule has 2 aromatic carbocycles. The summed E-state index contributed by atoms with van der Waals surface area (Å²) in [5, 5.41) is 33.2. The van der Waals surface area contributed by atoms with Crippen molar-refractivity contribution in [1.82, 2.24) is 0 Å². The van der Waals surface area contributed by atoms with Crippen LogP contribution in [0.15, 0.2) is 65.9 Å². The van der Waals surface area contributed by atoms with Gasteiger partial charge in [-0.1, -0.05) is 18.2 Å². The molecule has 0 saturated carbocycles. The fourth-order valence-corrected chi connectivity index (χ4v) is 3.43. The van der Waals surface area contributed by atoms with Crippen LogP contribution in [0.1, 0.15) is 19.4 Å². The number of hydrogen-bond donors (Lipinski definition) is 2. The molecule has 26 heavy (non-hydrogen) atoms. The van der Waals surface area contributed by atoms with Crippen molar-refractivity contribution < 1.29 is 19.9 Å². The van der Waals surface area contributed by atoms with Gasteiger partial charge in [0.05, 0.1) is 4.92 Å². The number of anilines is 1. The van der Waals surface area contributed by atoms with Gasteiger partial charge in [-0.15, -0.1) is 0 Å². The lowest BCUT2D eigenvalue weighted by Crippen LogP contribution is -2.49. The molecule has 0 amide bonds. The van der Waals surface area contributed by atoms with E-state index in [2.05, 4.69) is 0 Å². The van der Waals surface area contributed by atoms with Gasteiger partial charge in [0.25, 0.3) is 5.69 Å². The monoisotopic (exact) mass is 354 g/mol. The Morgan fingerprint density at radius 1 is 1.15 bits per heavy atom. The molecule has 7 nitrogen and oxygen atoms in total. The number of aliphatic hydroxyl groups is 2. The molecule has 3 rings (SSSR count). The molecule has 2 aromatic rings. The van der Waals surface area contributed by atoms with Gasteiger partial charge in [-0.2, -0.15) is 0 Å². The number of benzene rings is 2. The second-order valence-electron chi connectivity index (χ2n) is 6.16.